The molecule has 0 radical (unpaired) electrons. The van der Waals surface area contributed by atoms with Gasteiger partial charge in [0, 0.05) is 25.0 Å². The Balaban J connectivity index is 1.52. The summed E-state index contributed by atoms with van der Waals surface area (Å²) in [6, 6.07) is 3.76. The van der Waals surface area contributed by atoms with Gasteiger partial charge in [0.25, 0.3) is 0 Å². The maximum Gasteiger partial charge on any atom is 0.310 e. The molecule has 1 aliphatic heterocycles. The highest BCUT2D eigenvalue weighted by atomic mass is 16.6. The number of esters is 1. The summed E-state index contributed by atoms with van der Waals surface area (Å²) in [5.41, 5.74) is -1.85. The van der Waals surface area contributed by atoms with Crippen molar-refractivity contribution >= 4 is 5.97 Å². The Morgan fingerprint density at radius 1 is 1.33 bits per heavy atom. The van der Waals surface area contributed by atoms with Crippen LogP contribution in [0.3, 0.4) is 0 Å². The molecule has 4 rings (SSSR count). The number of carbonyl (C=O) groups excluding carboxylic acids is 1. The lowest BCUT2D eigenvalue weighted by Gasteiger charge is -2.62. The van der Waals surface area contributed by atoms with Crippen molar-refractivity contribution in [2.75, 3.05) is 13.7 Å². The van der Waals surface area contributed by atoms with Crippen molar-refractivity contribution in [1.82, 2.24) is 5.32 Å². The predicted molar refractivity (Wildman–Crippen MR) is 98.8 cm³/mol. The monoisotopic (exact) mass is 377 g/mol. The zero-order valence-electron chi connectivity index (χ0n) is 16.5. The fraction of sp³-hybridized carbons (Fsp3) is 0.762. The summed E-state index contributed by atoms with van der Waals surface area (Å²) in [5, 5.41) is 15.2. The Kier molecular flexibility index (Phi) is 4.64. The van der Waals surface area contributed by atoms with Crippen LogP contribution < -0.4 is 5.32 Å². The summed E-state index contributed by atoms with van der Waals surface area (Å²) in [4.78, 5) is 12.6. The number of fused-ring (bicyclic) bond motifs is 2. The minimum absolute atomic E-state index is 0.00671. The van der Waals surface area contributed by atoms with Crippen LogP contribution in [-0.2, 0) is 20.8 Å². The van der Waals surface area contributed by atoms with Gasteiger partial charge in [0.15, 0.2) is 0 Å². The number of aliphatic hydroxyl groups is 1. The number of carbonyl (C=O) groups is 1. The summed E-state index contributed by atoms with van der Waals surface area (Å²) in [7, 11) is 1.69. The number of methoxy groups -OCH3 is 1. The molecule has 0 amide bonds. The molecule has 1 aromatic rings. The van der Waals surface area contributed by atoms with Crippen LogP contribution in [0.4, 0.5) is 0 Å². The van der Waals surface area contributed by atoms with Gasteiger partial charge in [0.1, 0.15) is 11.9 Å². The van der Waals surface area contributed by atoms with Crippen LogP contribution in [0.5, 0.6) is 0 Å². The molecule has 3 aliphatic rings. The summed E-state index contributed by atoms with van der Waals surface area (Å²) in [6.07, 6.45) is 5.56. The Labute approximate surface area is 160 Å². The predicted octanol–water partition coefficient (Wildman–Crippen LogP) is 2.65. The first-order valence-corrected chi connectivity index (χ1v) is 10.0. The molecule has 2 heterocycles. The average molecular weight is 377 g/mol. The van der Waals surface area contributed by atoms with Gasteiger partial charge >= 0.3 is 5.97 Å². The largest absolute Gasteiger partial charge is 0.468 e. The summed E-state index contributed by atoms with van der Waals surface area (Å²) in [6.45, 7) is 5.26. The number of hydrogen-bond acceptors (Lipinski definition) is 6. The summed E-state index contributed by atoms with van der Waals surface area (Å²) < 4.78 is 17.0. The summed E-state index contributed by atoms with van der Waals surface area (Å²) >= 11 is 0. The lowest BCUT2D eigenvalue weighted by Crippen LogP contribution is -2.69. The topological polar surface area (TPSA) is 80.9 Å². The minimum Gasteiger partial charge on any atom is -0.468 e. The van der Waals surface area contributed by atoms with Gasteiger partial charge in [0.05, 0.1) is 29.9 Å². The molecule has 1 aromatic heterocycles. The molecule has 1 saturated heterocycles. The number of rotatable bonds is 5. The van der Waals surface area contributed by atoms with Crippen LogP contribution in [0, 0.1) is 17.3 Å². The van der Waals surface area contributed by atoms with Crippen LogP contribution in [-0.4, -0.2) is 42.0 Å². The maximum atomic E-state index is 12.6. The first kappa shape index (κ1) is 19.0. The van der Waals surface area contributed by atoms with E-state index >= 15 is 0 Å². The van der Waals surface area contributed by atoms with E-state index in [2.05, 4.69) is 12.2 Å². The third kappa shape index (κ3) is 2.84. The van der Waals surface area contributed by atoms with Gasteiger partial charge in [-0.2, -0.15) is 0 Å². The van der Waals surface area contributed by atoms with E-state index in [9.17, 15) is 9.90 Å². The fourth-order valence-corrected chi connectivity index (χ4v) is 5.88. The van der Waals surface area contributed by atoms with Crippen LogP contribution in [0.2, 0.25) is 0 Å². The second-order valence-electron chi connectivity index (χ2n) is 9.07. The third-order valence-corrected chi connectivity index (χ3v) is 7.70. The molecule has 27 heavy (non-hydrogen) atoms. The van der Waals surface area contributed by atoms with Crippen LogP contribution in [0.1, 0.15) is 51.7 Å². The maximum absolute atomic E-state index is 12.6. The molecule has 6 atom stereocenters. The van der Waals surface area contributed by atoms with E-state index in [1.54, 1.807) is 13.4 Å². The van der Waals surface area contributed by atoms with Gasteiger partial charge < -0.3 is 24.3 Å². The molecule has 150 valence electrons. The molecule has 0 aromatic carbocycles. The number of nitrogens with one attached hydrogen (secondary N) is 1. The molecular formula is C21H31NO5. The van der Waals surface area contributed by atoms with Crippen molar-refractivity contribution in [1.29, 1.82) is 0 Å². The highest BCUT2D eigenvalue weighted by Gasteiger charge is 2.67. The van der Waals surface area contributed by atoms with E-state index in [-0.39, 0.29) is 29.3 Å². The van der Waals surface area contributed by atoms with Crippen molar-refractivity contribution in [2.24, 2.45) is 17.3 Å². The number of ether oxygens (including phenoxy) is 2. The lowest BCUT2D eigenvalue weighted by atomic mass is 9.49. The second-order valence-corrected chi connectivity index (χ2v) is 9.07. The van der Waals surface area contributed by atoms with Gasteiger partial charge in [-0.3, -0.25) is 4.79 Å². The van der Waals surface area contributed by atoms with Crippen LogP contribution in [0.25, 0.3) is 0 Å². The van der Waals surface area contributed by atoms with E-state index in [0.717, 1.165) is 25.0 Å². The quantitative estimate of drug-likeness (QED) is 0.768. The molecular weight excluding hydrogens is 346 g/mol. The first-order chi connectivity index (χ1) is 12.8. The van der Waals surface area contributed by atoms with Crippen molar-refractivity contribution < 1.29 is 23.8 Å². The van der Waals surface area contributed by atoms with Gasteiger partial charge in [-0.05, 0) is 51.2 Å². The normalized spacial score (nSPS) is 43.9. The third-order valence-electron chi connectivity index (χ3n) is 7.70. The van der Waals surface area contributed by atoms with Gasteiger partial charge in [0.2, 0.25) is 0 Å². The Hall–Kier alpha value is -1.37. The zero-order chi connectivity index (χ0) is 19.3. The van der Waals surface area contributed by atoms with E-state index in [4.69, 9.17) is 13.9 Å². The second kappa shape index (κ2) is 6.61. The molecule has 6 heteroatoms. The zero-order valence-corrected chi connectivity index (χ0v) is 16.5. The highest BCUT2D eigenvalue weighted by molar-refractivity contribution is 5.75. The smallest absolute Gasteiger partial charge is 0.310 e. The fourth-order valence-electron chi connectivity index (χ4n) is 5.88. The van der Waals surface area contributed by atoms with Gasteiger partial charge in [-0.1, -0.05) is 6.92 Å². The molecule has 3 fully saturated rings. The van der Waals surface area contributed by atoms with Crippen molar-refractivity contribution in [3.63, 3.8) is 0 Å². The van der Waals surface area contributed by atoms with Crippen molar-refractivity contribution in [2.45, 2.75) is 69.8 Å². The van der Waals surface area contributed by atoms with Crippen LogP contribution >= 0.6 is 0 Å². The number of hydrogen-bond donors (Lipinski definition) is 2. The Bertz CT molecular complexity index is 691. The van der Waals surface area contributed by atoms with E-state index in [1.165, 1.54) is 0 Å². The molecule has 2 N–H and O–H groups in total. The minimum atomic E-state index is -0.957. The lowest BCUT2D eigenvalue weighted by molar-refractivity contribution is -0.270. The molecule has 0 unspecified atom stereocenters. The standard InChI is InChI=1S/C21H31NO5/c1-19-7-5-8-20(2,25-3)21(19,24)10-15-16(18(23)27-17(15)11-19)13-22-12-14-6-4-9-26-14/h4,6,9,15-17,22,24H,5,7-8,10-13H2,1-3H3/t15-,16-,17+,19-,20-,21-/m0/s1. The van der Waals surface area contributed by atoms with Gasteiger partial charge in [-0.15, -0.1) is 0 Å². The average Bonchev–Trinajstić information content (AvgIpc) is 3.23. The van der Waals surface area contributed by atoms with E-state index < -0.39 is 11.2 Å². The van der Waals surface area contributed by atoms with Crippen molar-refractivity contribution in [3.05, 3.63) is 24.2 Å². The Morgan fingerprint density at radius 2 is 2.15 bits per heavy atom. The molecule has 0 spiro atoms. The first-order valence-electron chi connectivity index (χ1n) is 10.0. The Morgan fingerprint density at radius 3 is 2.85 bits per heavy atom. The van der Waals surface area contributed by atoms with E-state index in [0.29, 0.717) is 25.9 Å². The highest BCUT2D eigenvalue weighted by Crippen LogP contribution is 2.61. The molecule has 0 bridgehead atoms. The SMILES string of the molecule is CO[C@@]1(C)CCC[C@@]2(C)C[C@H]3OC(=O)[C@@H](CNCc4ccco4)[C@@H]3C[C@]21O. The van der Waals surface area contributed by atoms with Crippen molar-refractivity contribution in [3.8, 4) is 0 Å². The van der Waals surface area contributed by atoms with E-state index in [1.807, 2.05) is 19.1 Å². The molecule has 2 saturated carbocycles. The van der Waals surface area contributed by atoms with Crippen LogP contribution in [0.15, 0.2) is 22.8 Å². The summed E-state index contributed by atoms with van der Waals surface area (Å²) in [5.74, 6) is 0.447. The number of furan rings is 1. The molecule has 2 aliphatic carbocycles. The molecule has 6 nitrogen and oxygen atoms in total. The van der Waals surface area contributed by atoms with Gasteiger partial charge in [-0.25, -0.2) is 0 Å².